The van der Waals surface area contributed by atoms with Crippen LogP contribution in [0.1, 0.15) is 25.5 Å². The molecule has 1 N–H and O–H groups in total. The van der Waals surface area contributed by atoms with Crippen molar-refractivity contribution < 1.29 is 14.6 Å². The molecule has 0 saturated carbocycles. The predicted molar refractivity (Wildman–Crippen MR) is 71.8 cm³/mol. The predicted octanol–water partition coefficient (Wildman–Crippen LogP) is 3.47. The van der Waals surface area contributed by atoms with E-state index in [0.29, 0.717) is 15.6 Å². The number of hydrogen-bond acceptors (Lipinski definition) is 3. The molecule has 0 bridgehead atoms. The van der Waals surface area contributed by atoms with Gasteiger partial charge in [-0.3, -0.25) is 4.79 Å². The Kier molecular flexibility index (Phi) is 5.45. The van der Waals surface area contributed by atoms with Gasteiger partial charge in [-0.05, 0) is 23.6 Å². The van der Waals surface area contributed by atoms with Crippen molar-refractivity contribution in [1.29, 1.82) is 0 Å². The molecule has 0 saturated heterocycles. The molecule has 2 unspecified atom stereocenters. The van der Waals surface area contributed by atoms with Gasteiger partial charge in [0.15, 0.2) is 0 Å². The lowest BCUT2D eigenvalue weighted by Gasteiger charge is -2.24. The molecule has 1 rings (SSSR count). The van der Waals surface area contributed by atoms with E-state index in [1.54, 1.807) is 18.2 Å². The van der Waals surface area contributed by atoms with Crippen LogP contribution in [0.3, 0.4) is 0 Å². The number of carbonyl (C=O) groups excluding carboxylic acids is 1. The van der Waals surface area contributed by atoms with Gasteiger partial charge in [0, 0.05) is 0 Å². The zero-order valence-corrected chi connectivity index (χ0v) is 12.0. The summed E-state index contributed by atoms with van der Waals surface area (Å²) in [5, 5.41) is 11.0. The van der Waals surface area contributed by atoms with Crippen molar-refractivity contribution in [1.82, 2.24) is 0 Å². The largest absolute Gasteiger partial charge is 0.469 e. The van der Waals surface area contributed by atoms with E-state index in [1.807, 2.05) is 13.8 Å². The third kappa shape index (κ3) is 3.37. The highest BCUT2D eigenvalue weighted by Gasteiger charge is 2.32. The molecule has 2 atom stereocenters. The van der Waals surface area contributed by atoms with Crippen LogP contribution in [-0.2, 0) is 9.53 Å². The van der Waals surface area contributed by atoms with Gasteiger partial charge in [-0.25, -0.2) is 0 Å². The zero-order chi connectivity index (χ0) is 13.9. The highest BCUT2D eigenvalue weighted by Crippen LogP contribution is 2.32. The Balaban J connectivity index is 3.05. The first-order chi connectivity index (χ1) is 8.38. The van der Waals surface area contributed by atoms with Crippen molar-refractivity contribution in [2.45, 2.75) is 20.0 Å². The summed E-state index contributed by atoms with van der Waals surface area (Å²) in [6.07, 6.45) is -0.966. The SMILES string of the molecule is COC(=O)C(C(C)C)C(O)c1ccc(Cl)c(Cl)c1. The minimum absolute atomic E-state index is 0.0538. The van der Waals surface area contributed by atoms with Crippen LogP contribution in [0.2, 0.25) is 10.0 Å². The molecule has 3 nitrogen and oxygen atoms in total. The van der Waals surface area contributed by atoms with Crippen LogP contribution in [0.5, 0.6) is 0 Å². The summed E-state index contributed by atoms with van der Waals surface area (Å²) in [5.74, 6) is -1.13. The summed E-state index contributed by atoms with van der Waals surface area (Å²) >= 11 is 11.7. The highest BCUT2D eigenvalue weighted by atomic mass is 35.5. The normalized spacial score (nSPS) is 14.4. The van der Waals surface area contributed by atoms with Crippen molar-refractivity contribution in [3.05, 3.63) is 33.8 Å². The average Bonchev–Trinajstić information content (AvgIpc) is 2.32. The second kappa shape index (κ2) is 6.41. The summed E-state index contributed by atoms with van der Waals surface area (Å²) in [5.41, 5.74) is 0.550. The molecule has 0 fully saturated rings. The van der Waals surface area contributed by atoms with Gasteiger partial charge < -0.3 is 9.84 Å². The van der Waals surface area contributed by atoms with Gasteiger partial charge in [0.25, 0.3) is 0 Å². The second-order valence-electron chi connectivity index (χ2n) is 4.41. The maximum atomic E-state index is 11.7. The standard InChI is InChI=1S/C13H16Cl2O3/c1-7(2)11(13(17)18-3)12(16)8-4-5-9(14)10(15)6-8/h4-7,11-12,16H,1-3H3. The Morgan fingerprint density at radius 1 is 1.28 bits per heavy atom. The summed E-state index contributed by atoms with van der Waals surface area (Å²) in [4.78, 5) is 11.7. The van der Waals surface area contributed by atoms with Gasteiger partial charge in [0.05, 0.1) is 29.2 Å². The van der Waals surface area contributed by atoms with E-state index in [4.69, 9.17) is 27.9 Å². The number of rotatable bonds is 4. The van der Waals surface area contributed by atoms with E-state index in [1.165, 1.54) is 7.11 Å². The van der Waals surface area contributed by atoms with Crippen LogP contribution in [0.25, 0.3) is 0 Å². The Hall–Kier alpha value is -0.770. The molecule has 0 aliphatic heterocycles. The molecule has 5 heteroatoms. The average molecular weight is 291 g/mol. The molecule has 0 aliphatic rings. The molecule has 100 valence electrons. The van der Waals surface area contributed by atoms with E-state index in [2.05, 4.69) is 0 Å². The minimum atomic E-state index is -0.966. The molecular formula is C13H16Cl2O3. The fourth-order valence-corrected chi connectivity index (χ4v) is 2.11. The fourth-order valence-electron chi connectivity index (χ4n) is 1.81. The van der Waals surface area contributed by atoms with Gasteiger partial charge in [-0.2, -0.15) is 0 Å². The van der Waals surface area contributed by atoms with Crippen LogP contribution in [-0.4, -0.2) is 18.2 Å². The number of halogens is 2. The lowest BCUT2D eigenvalue weighted by molar-refractivity contribution is -0.152. The van der Waals surface area contributed by atoms with Gasteiger partial charge in [-0.15, -0.1) is 0 Å². The molecule has 0 amide bonds. The molecule has 0 heterocycles. The molecule has 1 aromatic rings. The molecular weight excluding hydrogens is 275 g/mol. The molecule has 0 radical (unpaired) electrons. The number of aliphatic hydroxyl groups is 1. The van der Waals surface area contributed by atoms with Crippen LogP contribution in [0.4, 0.5) is 0 Å². The fraction of sp³-hybridized carbons (Fsp3) is 0.462. The molecule has 0 aromatic heterocycles. The summed E-state index contributed by atoms with van der Waals surface area (Å²) in [6.45, 7) is 3.70. The van der Waals surface area contributed by atoms with Crippen LogP contribution < -0.4 is 0 Å². The second-order valence-corrected chi connectivity index (χ2v) is 5.23. The number of hydrogen-bond donors (Lipinski definition) is 1. The minimum Gasteiger partial charge on any atom is -0.469 e. The topological polar surface area (TPSA) is 46.5 Å². The number of esters is 1. The lowest BCUT2D eigenvalue weighted by Crippen LogP contribution is -2.28. The third-order valence-electron chi connectivity index (χ3n) is 2.82. The van der Waals surface area contributed by atoms with Crippen molar-refractivity contribution in [3.8, 4) is 0 Å². The first-order valence-corrected chi connectivity index (χ1v) is 6.35. The number of ether oxygens (including phenoxy) is 1. The Bertz CT molecular complexity index is 432. The summed E-state index contributed by atoms with van der Waals surface area (Å²) in [7, 11) is 1.30. The molecule has 18 heavy (non-hydrogen) atoms. The maximum absolute atomic E-state index is 11.7. The number of benzene rings is 1. The zero-order valence-electron chi connectivity index (χ0n) is 10.5. The summed E-state index contributed by atoms with van der Waals surface area (Å²) < 4.78 is 4.71. The van der Waals surface area contributed by atoms with Crippen LogP contribution in [0.15, 0.2) is 18.2 Å². The number of carbonyl (C=O) groups is 1. The van der Waals surface area contributed by atoms with E-state index in [-0.39, 0.29) is 5.92 Å². The van der Waals surface area contributed by atoms with Crippen molar-refractivity contribution in [2.24, 2.45) is 11.8 Å². The van der Waals surface area contributed by atoms with E-state index >= 15 is 0 Å². The van der Waals surface area contributed by atoms with Gasteiger partial charge in [0.2, 0.25) is 0 Å². The van der Waals surface area contributed by atoms with Gasteiger partial charge >= 0.3 is 5.97 Å². The first kappa shape index (κ1) is 15.3. The van der Waals surface area contributed by atoms with E-state index in [0.717, 1.165) is 0 Å². The molecule has 0 aliphatic carbocycles. The highest BCUT2D eigenvalue weighted by molar-refractivity contribution is 6.42. The first-order valence-electron chi connectivity index (χ1n) is 5.59. The monoisotopic (exact) mass is 290 g/mol. The summed E-state index contributed by atoms with van der Waals surface area (Å²) in [6, 6.07) is 4.81. The van der Waals surface area contributed by atoms with Crippen LogP contribution in [0, 0.1) is 11.8 Å². The van der Waals surface area contributed by atoms with Gasteiger partial charge in [0.1, 0.15) is 0 Å². The smallest absolute Gasteiger partial charge is 0.311 e. The maximum Gasteiger partial charge on any atom is 0.311 e. The quantitative estimate of drug-likeness (QED) is 0.864. The van der Waals surface area contributed by atoms with Crippen molar-refractivity contribution >= 4 is 29.2 Å². The number of aliphatic hydroxyl groups excluding tert-OH is 1. The van der Waals surface area contributed by atoms with E-state index in [9.17, 15) is 9.90 Å². The number of methoxy groups -OCH3 is 1. The van der Waals surface area contributed by atoms with Gasteiger partial charge in [-0.1, -0.05) is 43.1 Å². The van der Waals surface area contributed by atoms with Crippen molar-refractivity contribution in [2.75, 3.05) is 7.11 Å². The lowest BCUT2D eigenvalue weighted by atomic mass is 9.86. The Labute approximate surface area is 117 Å². The van der Waals surface area contributed by atoms with Crippen LogP contribution >= 0.6 is 23.2 Å². The molecule has 0 spiro atoms. The van der Waals surface area contributed by atoms with E-state index < -0.39 is 18.0 Å². The van der Waals surface area contributed by atoms with Crippen molar-refractivity contribution in [3.63, 3.8) is 0 Å². The Morgan fingerprint density at radius 2 is 1.89 bits per heavy atom. The third-order valence-corrected chi connectivity index (χ3v) is 3.56. The Morgan fingerprint density at radius 3 is 2.33 bits per heavy atom. The molecule has 1 aromatic carbocycles.